The Hall–Kier alpha value is -1.74. The van der Waals surface area contributed by atoms with Gasteiger partial charge in [0.15, 0.2) is 0 Å². The summed E-state index contributed by atoms with van der Waals surface area (Å²) < 4.78 is 0. The molecule has 2 rings (SSSR count). The third kappa shape index (κ3) is 3.61. The molecule has 2 aromatic rings. The molecule has 1 aromatic heterocycles. The van der Waals surface area contributed by atoms with Crippen LogP contribution in [0, 0.1) is 0 Å². The third-order valence-corrected chi connectivity index (χ3v) is 3.31. The molecule has 0 amide bonds. The van der Waals surface area contributed by atoms with E-state index in [1.54, 1.807) is 12.4 Å². The smallest absolute Gasteiger partial charge is 0.0544 e. The summed E-state index contributed by atoms with van der Waals surface area (Å²) in [5.41, 5.74) is 9.99. The Kier molecular flexibility index (Phi) is 3.96. The first-order chi connectivity index (χ1) is 8.97. The molecule has 19 heavy (non-hydrogen) atoms. The van der Waals surface area contributed by atoms with Crippen LogP contribution in [0.1, 0.15) is 43.5 Å². The van der Waals surface area contributed by atoms with Gasteiger partial charge < -0.3 is 5.73 Å². The minimum Gasteiger partial charge on any atom is -0.324 e. The van der Waals surface area contributed by atoms with Crippen molar-refractivity contribution in [3.63, 3.8) is 0 Å². The molecule has 1 atom stereocenters. The van der Waals surface area contributed by atoms with Crippen molar-refractivity contribution in [2.75, 3.05) is 0 Å². The molecule has 3 heteroatoms. The van der Waals surface area contributed by atoms with Gasteiger partial charge in [0.25, 0.3) is 0 Å². The third-order valence-electron chi connectivity index (χ3n) is 3.31. The Balaban J connectivity index is 2.08. The number of rotatable bonds is 3. The normalized spacial score (nSPS) is 13.3. The standard InChI is InChI=1S/C16H21N3/c1-16(2,3)14-6-4-12(5-7-14)10-15(17)13-8-9-18-19-11-13/h4-9,11,15H,10,17H2,1-3H3. The van der Waals surface area contributed by atoms with Crippen molar-refractivity contribution in [3.05, 3.63) is 59.4 Å². The second kappa shape index (κ2) is 5.49. The van der Waals surface area contributed by atoms with Crippen LogP contribution >= 0.6 is 0 Å². The fraction of sp³-hybridized carbons (Fsp3) is 0.375. The summed E-state index contributed by atoms with van der Waals surface area (Å²) in [5, 5.41) is 7.63. The second-order valence-corrected chi connectivity index (χ2v) is 5.93. The van der Waals surface area contributed by atoms with Crippen molar-refractivity contribution in [1.29, 1.82) is 0 Å². The van der Waals surface area contributed by atoms with Crippen LogP contribution in [-0.2, 0) is 11.8 Å². The van der Waals surface area contributed by atoms with Crippen LogP contribution in [0.4, 0.5) is 0 Å². The average Bonchev–Trinajstić information content (AvgIpc) is 2.39. The van der Waals surface area contributed by atoms with E-state index < -0.39 is 0 Å². The predicted octanol–water partition coefficient (Wildman–Crippen LogP) is 3.02. The molecular weight excluding hydrogens is 234 g/mol. The van der Waals surface area contributed by atoms with E-state index in [0.29, 0.717) is 0 Å². The number of hydrogen-bond acceptors (Lipinski definition) is 3. The fourth-order valence-electron chi connectivity index (χ4n) is 2.03. The molecule has 0 spiro atoms. The minimum absolute atomic E-state index is 0.0315. The van der Waals surface area contributed by atoms with Gasteiger partial charge in [-0.3, -0.25) is 0 Å². The topological polar surface area (TPSA) is 51.8 Å². The van der Waals surface area contributed by atoms with Crippen LogP contribution in [0.5, 0.6) is 0 Å². The van der Waals surface area contributed by atoms with Crippen LogP contribution in [0.15, 0.2) is 42.7 Å². The molecule has 0 aliphatic rings. The summed E-state index contributed by atoms with van der Waals surface area (Å²) in [4.78, 5) is 0. The lowest BCUT2D eigenvalue weighted by atomic mass is 9.86. The monoisotopic (exact) mass is 255 g/mol. The Morgan fingerprint density at radius 2 is 1.74 bits per heavy atom. The average molecular weight is 255 g/mol. The highest BCUT2D eigenvalue weighted by Gasteiger charge is 2.13. The lowest BCUT2D eigenvalue weighted by Crippen LogP contribution is -2.14. The van der Waals surface area contributed by atoms with E-state index in [2.05, 4.69) is 55.2 Å². The van der Waals surface area contributed by atoms with Gasteiger partial charge in [-0.2, -0.15) is 10.2 Å². The molecule has 2 N–H and O–H groups in total. The minimum atomic E-state index is -0.0315. The Labute approximate surface area is 114 Å². The summed E-state index contributed by atoms with van der Waals surface area (Å²) in [6, 6.07) is 10.6. The molecule has 1 aromatic carbocycles. The Bertz CT molecular complexity index is 512. The summed E-state index contributed by atoms with van der Waals surface area (Å²) in [6.07, 6.45) is 4.22. The van der Waals surface area contributed by atoms with Gasteiger partial charge in [0.2, 0.25) is 0 Å². The quantitative estimate of drug-likeness (QED) is 0.917. The van der Waals surface area contributed by atoms with Crippen molar-refractivity contribution >= 4 is 0 Å². The maximum absolute atomic E-state index is 6.18. The van der Waals surface area contributed by atoms with E-state index in [9.17, 15) is 0 Å². The van der Waals surface area contributed by atoms with Crippen LogP contribution in [0.2, 0.25) is 0 Å². The number of aromatic nitrogens is 2. The zero-order chi connectivity index (χ0) is 13.9. The van der Waals surface area contributed by atoms with Gasteiger partial charge in [0, 0.05) is 12.2 Å². The molecule has 0 bridgehead atoms. The maximum atomic E-state index is 6.18. The van der Waals surface area contributed by atoms with E-state index in [0.717, 1.165) is 12.0 Å². The van der Waals surface area contributed by atoms with Gasteiger partial charge in [0.1, 0.15) is 0 Å². The molecule has 1 heterocycles. The van der Waals surface area contributed by atoms with E-state index >= 15 is 0 Å². The molecule has 0 saturated carbocycles. The molecular formula is C16H21N3. The second-order valence-electron chi connectivity index (χ2n) is 5.93. The molecule has 100 valence electrons. The lowest BCUT2D eigenvalue weighted by molar-refractivity contribution is 0.589. The van der Waals surface area contributed by atoms with Crippen molar-refractivity contribution < 1.29 is 0 Å². The number of benzene rings is 1. The zero-order valence-electron chi connectivity index (χ0n) is 11.8. The Morgan fingerprint density at radius 3 is 2.26 bits per heavy atom. The van der Waals surface area contributed by atoms with Crippen molar-refractivity contribution in [3.8, 4) is 0 Å². The first kappa shape index (κ1) is 13.7. The molecule has 3 nitrogen and oxygen atoms in total. The summed E-state index contributed by atoms with van der Waals surface area (Å²) in [7, 11) is 0. The maximum Gasteiger partial charge on any atom is 0.0544 e. The van der Waals surface area contributed by atoms with Gasteiger partial charge in [0.05, 0.1) is 6.20 Å². The van der Waals surface area contributed by atoms with Crippen molar-refractivity contribution in [2.45, 2.75) is 38.6 Å². The first-order valence-corrected chi connectivity index (χ1v) is 6.58. The van der Waals surface area contributed by atoms with Crippen LogP contribution < -0.4 is 5.73 Å². The molecule has 0 saturated heterocycles. The zero-order valence-corrected chi connectivity index (χ0v) is 11.8. The van der Waals surface area contributed by atoms with Gasteiger partial charge in [-0.15, -0.1) is 0 Å². The fourth-order valence-corrected chi connectivity index (χ4v) is 2.03. The molecule has 0 aliphatic heterocycles. The highest BCUT2D eigenvalue weighted by molar-refractivity contribution is 5.28. The lowest BCUT2D eigenvalue weighted by Gasteiger charge is -2.19. The molecule has 0 radical (unpaired) electrons. The first-order valence-electron chi connectivity index (χ1n) is 6.58. The van der Waals surface area contributed by atoms with E-state index in [1.807, 2.05) is 6.07 Å². The number of nitrogens with zero attached hydrogens (tertiary/aromatic N) is 2. The van der Waals surface area contributed by atoms with Crippen LogP contribution in [-0.4, -0.2) is 10.2 Å². The van der Waals surface area contributed by atoms with E-state index in [4.69, 9.17) is 5.73 Å². The number of nitrogens with two attached hydrogens (primary N) is 1. The molecule has 0 fully saturated rings. The van der Waals surface area contributed by atoms with E-state index in [1.165, 1.54) is 11.1 Å². The summed E-state index contributed by atoms with van der Waals surface area (Å²) in [5.74, 6) is 0. The van der Waals surface area contributed by atoms with Crippen LogP contribution in [0.25, 0.3) is 0 Å². The van der Waals surface area contributed by atoms with Crippen LogP contribution in [0.3, 0.4) is 0 Å². The molecule has 0 aliphatic carbocycles. The van der Waals surface area contributed by atoms with Crippen molar-refractivity contribution in [2.24, 2.45) is 5.73 Å². The highest BCUT2D eigenvalue weighted by Crippen LogP contribution is 2.23. The Morgan fingerprint density at radius 1 is 1.05 bits per heavy atom. The van der Waals surface area contributed by atoms with Gasteiger partial charge in [-0.25, -0.2) is 0 Å². The highest BCUT2D eigenvalue weighted by atomic mass is 15.1. The summed E-state index contributed by atoms with van der Waals surface area (Å²) in [6.45, 7) is 6.66. The van der Waals surface area contributed by atoms with Gasteiger partial charge >= 0.3 is 0 Å². The van der Waals surface area contributed by atoms with Gasteiger partial charge in [-0.1, -0.05) is 45.0 Å². The largest absolute Gasteiger partial charge is 0.324 e. The van der Waals surface area contributed by atoms with Crippen molar-refractivity contribution in [1.82, 2.24) is 10.2 Å². The van der Waals surface area contributed by atoms with Gasteiger partial charge in [-0.05, 0) is 34.6 Å². The molecule has 1 unspecified atom stereocenters. The SMILES string of the molecule is CC(C)(C)c1ccc(CC(N)c2ccnnc2)cc1. The van der Waals surface area contributed by atoms with E-state index in [-0.39, 0.29) is 11.5 Å². The number of hydrogen-bond donors (Lipinski definition) is 1. The summed E-state index contributed by atoms with van der Waals surface area (Å²) >= 11 is 0. The predicted molar refractivity (Wildman–Crippen MR) is 77.8 cm³/mol.